The van der Waals surface area contributed by atoms with Crippen molar-refractivity contribution in [2.45, 2.75) is 24.8 Å². The minimum atomic E-state index is -0.635. The van der Waals surface area contributed by atoms with Crippen LogP contribution in [-0.2, 0) is 34.4 Å². The number of aromatic nitrogens is 1. The van der Waals surface area contributed by atoms with Crippen molar-refractivity contribution in [2.75, 3.05) is 17.2 Å². The molecule has 0 bridgehead atoms. The van der Waals surface area contributed by atoms with E-state index in [9.17, 15) is 19.2 Å². The summed E-state index contributed by atoms with van der Waals surface area (Å²) in [5, 5.41) is 7.55. The van der Waals surface area contributed by atoms with E-state index in [4.69, 9.17) is 0 Å². The number of nitrogens with one attached hydrogen (secondary N) is 2. The molecule has 8 nitrogen and oxygen atoms in total. The maximum absolute atomic E-state index is 13.2. The molecule has 2 N–H and O–H groups in total. The van der Waals surface area contributed by atoms with Crippen molar-refractivity contribution in [2.24, 2.45) is 0 Å². The zero-order chi connectivity index (χ0) is 27.0. The van der Waals surface area contributed by atoms with Crippen molar-refractivity contribution >= 4 is 46.7 Å². The largest absolute Gasteiger partial charge is 0.325 e. The van der Waals surface area contributed by atoms with Gasteiger partial charge in [-0.25, -0.2) is 4.98 Å². The third kappa shape index (κ3) is 4.51. The summed E-state index contributed by atoms with van der Waals surface area (Å²) >= 11 is 1.29. The van der Waals surface area contributed by atoms with Gasteiger partial charge in [-0.2, -0.15) is 0 Å². The van der Waals surface area contributed by atoms with E-state index in [1.165, 1.54) is 16.2 Å². The summed E-state index contributed by atoms with van der Waals surface area (Å²) in [6.45, 7) is -0.139. The molecule has 0 radical (unpaired) electrons. The summed E-state index contributed by atoms with van der Waals surface area (Å²) in [7, 11) is 0. The van der Waals surface area contributed by atoms with Crippen molar-refractivity contribution in [1.29, 1.82) is 0 Å². The zero-order valence-corrected chi connectivity index (χ0v) is 21.7. The second-order valence-corrected chi connectivity index (χ2v) is 10.5. The van der Waals surface area contributed by atoms with Gasteiger partial charge in [0, 0.05) is 28.9 Å². The van der Waals surface area contributed by atoms with Crippen LogP contribution >= 0.6 is 11.3 Å². The highest BCUT2D eigenvalue weighted by atomic mass is 32.1. The summed E-state index contributed by atoms with van der Waals surface area (Å²) in [5.41, 5.74) is 6.80. The summed E-state index contributed by atoms with van der Waals surface area (Å²) in [5.74, 6) is -0.773. The number of hydrogen-bond acceptors (Lipinski definition) is 6. The summed E-state index contributed by atoms with van der Waals surface area (Å²) in [6, 6.07) is 20.4. The predicted octanol–water partition coefficient (Wildman–Crippen LogP) is 4.23. The van der Waals surface area contributed by atoms with Gasteiger partial charge in [-0.3, -0.25) is 19.2 Å². The van der Waals surface area contributed by atoms with E-state index >= 15 is 0 Å². The molecule has 39 heavy (non-hydrogen) atoms. The van der Waals surface area contributed by atoms with Gasteiger partial charge in [0.1, 0.15) is 18.5 Å². The number of hydrogen-bond donors (Lipinski definition) is 2. The number of anilines is 2. The Kier molecular flexibility index (Phi) is 6.28. The van der Waals surface area contributed by atoms with E-state index in [1.54, 1.807) is 35.2 Å². The molecule has 1 aromatic heterocycles. The topological polar surface area (TPSA) is 108 Å². The van der Waals surface area contributed by atoms with Crippen LogP contribution in [0.5, 0.6) is 0 Å². The molecule has 3 aromatic carbocycles. The fraction of sp³-hybridized carbons (Fsp3) is 0.167. The number of benzene rings is 3. The molecule has 1 atom stereocenters. The fourth-order valence-corrected chi connectivity index (χ4v) is 6.06. The lowest BCUT2D eigenvalue weighted by Crippen LogP contribution is -2.38. The predicted molar refractivity (Wildman–Crippen MR) is 148 cm³/mol. The van der Waals surface area contributed by atoms with Crippen LogP contribution in [0.15, 0.2) is 77.6 Å². The minimum absolute atomic E-state index is 0.00251. The minimum Gasteiger partial charge on any atom is -0.325 e. The molecule has 0 fully saturated rings. The maximum atomic E-state index is 13.2. The third-order valence-electron chi connectivity index (χ3n) is 7.42. The Bertz CT molecular complexity index is 1620. The standard InChI is InChI=1S/C30H24N4O4S/c35-16-21-6-2-1-5-20(21)14-34(28(37)26-17-39-18-31-26)15-27(36)32-23-10-9-19-12-30(13-22(19)11-23)24-7-3-4-8-25(24)33-29(30)38/h1-11,16-18H,12-15H2,(H,32,36)(H,33,38). The van der Waals surface area contributed by atoms with Crippen molar-refractivity contribution in [3.05, 3.63) is 111 Å². The van der Waals surface area contributed by atoms with Crippen LogP contribution in [0.25, 0.3) is 0 Å². The lowest BCUT2D eigenvalue weighted by Gasteiger charge is -2.22. The van der Waals surface area contributed by atoms with Gasteiger partial charge in [-0.1, -0.05) is 48.5 Å². The van der Waals surface area contributed by atoms with Gasteiger partial charge in [-0.15, -0.1) is 11.3 Å². The summed E-state index contributed by atoms with van der Waals surface area (Å²) < 4.78 is 0. The van der Waals surface area contributed by atoms with E-state index in [1.807, 2.05) is 42.5 Å². The molecule has 3 amide bonds. The molecule has 0 saturated heterocycles. The van der Waals surface area contributed by atoms with Crippen molar-refractivity contribution in [3.63, 3.8) is 0 Å². The SMILES string of the molecule is O=Cc1ccccc1CN(CC(=O)Nc1ccc2c(c1)CC1(C2)C(=O)Nc2ccccc21)C(=O)c1cscn1. The lowest BCUT2D eigenvalue weighted by molar-refractivity contribution is -0.120. The van der Waals surface area contributed by atoms with Crippen molar-refractivity contribution in [1.82, 2.24) is 9.88 Å². The Balaban J connectivity index is 1.20. The number of carbonyl (C=O) groups excluding carboxylic acids is 4. The number of rotatable bonds is 7. The first-order valence-electron chi connectivity index (χ1n) is 12.5. The van der Waals surface area contributed by atoms with Gasteiger partial charge >= 0.3 is 0 Å². The molecule has 1 spiro atoms. The van der Waals surface area contributed by atoms with E-state index in [2.05, 4.69) is 15.6 Å². The van der Waals surface area contributed by atoms with Crippen LogP contribution < -0.4 is 10.6 Å². The molecule has 1 unspecified atom stereocenters. The quantitative estimate of drug-likeness (QED) is 0.344. The highest BCUT2D eigenvalue weighted by Crippen LogP contribution is 2.47. The van der Waals surface area contributed by atoms with Crippen LogP contribution in [0.2, 0.25) is 0 Å². The van der Waals surface area contributed by atoms with Gasteiger partial charge in [0.15, 0.2) is 0 Å². The van der Waals surface area contributed by atoms with Crippen LogP contribution in [0, 0.1) is 0 Å². The maximum Gasteiger partial charge on any atom is 0.274 e. The lowest BCUT2D eigenvalue weighted by atomic mass is 9.79. The van der Waals surface area contributed by atoms with Gasteiger partial charge in [-0.05, 0) is 53.3 Å². The Hall–Kier alpha value is -4.63. The first kappa shape index (κ1) is 24.7. The van der Waals surface area contributed by atoms with Gasteiger partial charge in [0.05, 0.1) is 10.9 Å². The fourth-order valence-electron chi connectivity index (χ4n) is 5.53. The number of thiazole rings is 1. The van der Waals surface area contributed by atoms with Crippen molar-refractivity contribution < 1.29 is 19.2 Å². The number of para-hydroxylation sites is 1. The van der Waals surface area contributed by atoms with E-state index < -0.39 is 11.3 Å². The molecule has 4 aromatic rings. The highest BCUT2D eigenvalue weighted by molar-refractivity contribution is 7.07. The van der Waals surface area contributed by atoms with Gasteiger partial charge < -0.3 is 15.5 Å². The molecular weight excluding hydrogens is 512 g/mol. The average Bonchev–Trinajstić information content (AvgIpc) is 3.67. The second kappa shape index (κ2) is 9.92. The first-order chi connectivity index (χ1) is 19.0. The molecule has 2 aliphatic rings. The number of amides is 3. The summed E-state index contributed by atoms with van der Waals surface area (Å²) in [4.78, 5) is 56.4. The Morgan fingerprint density at radius 2 is 1.85 bits per heavy atom. The summed E-state index contributed by atoms with van der Waals surface area (Å²) in [6.07, 6.45) is 1.89. The van der Waals surface area contributed by atoms with Crippen LogP contribution in [0.4, 0.5) is 11.4 Å². The Morgan fingerprint density at radius 3 is 2.67 bits per heavy atom. The number of fused-ring (bicyclic) bond motifs is 3. The number of nitrogens with zero attached hydrogens (tertiary/aromatic N) is 2. The molecule has 9 heteroatoms. The van der Waals surface area contributed by atoms with Crippen molar-refractivity contribution in [3.8, 4) is 0 Å². The number of carbonyl (C=O) groups is 4. The Labute approximate surface area is 228 Å². The number of aldehydes is 1. The van der Waals surface area contributed by atoms with Crippen LogP contribution in [0.3, 0.4) is 0 Å². The average molecular weight is 537 g/mol. The molecule has 2 heterocycles. The smallest absolute Gasteiger partial charge is 0.274 e. The normalized spacial score (nSPS) is 16.9. The molecule has 1 aliphatic heterocycles. The third-order valence-corrected chi connectivity index (χ3v) is 8.00. The van der Waals surface area contributed by atoms with E-state index in [0.717, 1.165) is 28.7 Å². The molecular formula is C30H24N4O4S. The second-order valence-electron chi connectivity index (χ2n) is 9.82. The molecule has 0 saturated carbocycles. The Morgan fingerprint density at radius 1 is 1.05 bits per heavy atom. The van der Waals surface area contributed by atoms with Crippen LogP contribution in [0.1, 0.15) is 43.1 Å². The molecule has 1 aliphatic carbocycles. The zero-order valence-electron chi connectivity index (χ0n) is 20.8. The van der Waals surface area contributed by atoms with Gasteiger partial charge in [0.2, 0.25) is 11.8 Å². The first-order valence-corrected chi connectivity index (χ1v) is 13.4. The van der Waals surface area contributed by atoms with E-state index in [0.29, 0.717) is 29.7 Å². The molecule has 6 rings (SSSR count). The van der Waals surface area contributed by atoms with Gasteiger partial charge in [0.25, 0.3) is 5.91 Å². The van der Waals surface area contributed by atoms with Crippen LogP contribution in [-0.4, -0.2) is 40.4 Å². The molecule has 194 valence electrons. The highest BCUT2D eigenvalue weighted by Gasteiger charge is 2.50. The van der Waals surface area contributed by atoms with E-state index in [-0.39, 0.29) is 30.6 Å². The monoisotopic (exact) mass is 536 g/mol.